The molecule has 0 spiro atoms. The summed E-state index contributed by atoms with van der Waals surface area (Å²) in [5.41, 5.74) is 0. The second kappa shape index (κ2) is 4.17. The highest BCUT2D eigenvalue weighted by molar-refractivity contribution is 4.95. The fraction of sp³-hybridized carbons (Fsp3) is 0.833. The van der Waals surface area contributed by atoms with Gasteiger partial charge in [-0.1, -0.05) is 12.1 Å². The summed E-state index contributed by atoms with van der Waals surface area (Å²) in [6.07, 6.45) is 7.10. The molecule has 0 amide bonds. The smallest absolute Gasteiger partial charge is 0.226 e. The van der Waals surface area contributed by atoms with Crippen molar-refractivity contribution in [2.24, 2.45) is 5.92 Å². The molecule has 1 aromatic heterocycles. The van der Waals surface area contributed by atoms with Gasteiger partial charge in [0.2, 0.25) is 5.89 Å². The van der Waals surface area contributed by atoms with Gasteiger partial charge in [0, 0.05) is 24.9 Å². The van der Waals surface area contributed by atoms with Crippen LogP contribution >= 0.6 is 0 Å². The van der Waals surface area contributed by atoms with Crippen molar-refractivity contribution in [2.75, 3.05) is 0 Å². The molecule has 2 saturated heterocycles. The van der Waals surface area contributed by atoms with Crippen molar-refractivity contribution in [3.63, 3.8) is 0 Å². The van der Waals surface area contributed by atoms with Gasteiger partial charge in [0.05, 0.1) is 0 Å². The van der Waals surface area contributed by atoms with Crippen LogP contribution in [0.1, 0.15) is 44.3 Å². The molecule has 1 aromatic rings. The molecule has 4 heteroatoms. The van der Waals surface area contributed by atoms with Crippen molar-refractivity contribution in [1.29, 1.82) is 0 Å². The minimum atomic E-state index is 0.740. The van der Waals surface area contributed by atoms with E-state index < -0.39 is 0 Å². The average Bonchev–Trinajstić information content (AvgIpc) is 2.86. The normalized spacial score (nSPS) is 33.2. The molecule has 2 atom stereocenters. The van der Waals surface area contributed by atoms with Crippen molar-refractivity contribution in [1.82, 2.24) is 15.5 Å². The van der Waals surface area contributed by atoms with E-state index in [4.69, 9.17) is 4.52 Å². The number of aromatic nitrogens is 2. The summed E-state index contributed by atoms with van der Waals surface area (Å²) in [4.78, 5) is 4.40. The Kier molecular flexibility index (Phi) is 2.67. The Bertz CT molecular complexity index is 351. The molecule has 0 aromatic carbocycles. The average molecular weight is 221 g/mol. The summed E-state index contributed by atoms with van der Waals surface area (Å²) in [5, 5.41) is 7.61. The minimum Gasteiger partial charge on any atom is -0.339 e. The molecule has 1 N–H and O–H groups in total. The third kappa shape index (κ3) is 1.98. The number of hydrogen-bond acceptors (Lipinski definition) is 4. The standard InChI is InChI=1S/C12H19N3O/c1-2-11-14-12(16-15-11)7-8-5-9-3-4-10(6-8)13-9/h8-10,13H,2-7H2,1H3. The van der Waals surface area contributed by atoms with E-state index in [1.807, 2.05) is 0 Å². The molecular formula is C12H19N3O. The largest absolute Gasteiger partial charge is 0.339 e. The first-order valence-corrected chi connectivity index (χ1v) is 6.41. The van der Waals surface area contributed by atoms with Crippen molar-refractivity contribution >= 4 is 0 Å². The number of rotatable bonds is 3. The number of aryl methyl sites for hydroxylation is 1. The number of hydrogen-bond donors (Lipinski definition) is 1. The Morgan fingerprint density at radius 1 is 1.31 bits per heavy atom. The van der Waals surface area contributed by atoms with Crippen LogP contribution in [-0.4, -0.2) is 22.2 Å². The monoisotopic (exact) mass is 221 g/mol. The zero-order chi connectivity index (χ0) is 11.0. The Morgan fingerprint density at radius 2 is 2.06 bits per heavy atom. The van der Waals surface area contributed by atoms with Crippen LogP contribution in [0.5, 0.6) is 0 Å². The molecular weight excluding hydrogens is 202 g/mol. The molecule has 3 heterocycles. The highest BCUT2D eigenvalue weighted by atomic mass is 16.5. The summed E-state index contributed by atoms with van der Waals surface area (Å²) in [7, 11) is 0. The predicted octanol–water partition coefficient (Wildman–Crippen LogP) is 1.71. The first-order valence-electron chi connectivity index (χ1n) is 6.41. The van der Waals surface area contributed by atoms with Gasteiger partial charge < -0.3 is 9.84 Å². The number of piperidine rings is 1. The van der Waals surface area contributed by atoms with Crippen molar-refractivity contribution in [2.45, 2.75) is 57.5 Å². The Labute approximate surface area is 95.8 Å². The number of nitrogens with zero attached hydrogens (tertiary/aromatic N) is 2. The van der Waals surface area contributed by atoms with Crippen LogP contribution < -0.4 is 5.32 Å². The molecule has 0 saturated carbocycles. The lowest BCUT2D eigenvalue weighted by Crippen LogP contribution is -2.38. The predicted molar refractivity (Wildman–Crippen MR) is 60.0 cm³/mol. The molecule has 3 rings (SSSR count). The topological polar surface area (TPSA) is 51.0 Å². The highest BCUT2D eigenvalue weighted by Gasteiger charge is 2.34. The molecule has 88 valence electrons. The van der Waals surface area contributed by atoms with Crippen LogP contribution in [0.4, 0.5) is 0 Å². The molecule has 2 unspecified atom stereocenters. The maximum absolute atomic E-state index is 5.27. The van der Waals surface area contributed by atoms with Crippen LogP contribution in [0.3, 0.4) is 0 Å². The first kappa shape index (κ1) is 10.3. The van der Waals surface area contributed by atoms with Crippen LogP contribution in [0.25, 0.3) is 0 Å². The van der Waals surface area contributed by atoms with E-state index in [2.05, 4.69) is 22.4 Å². The summed E-state index contributed by atoms with van der Waals surface area (Å²) in [5.74, 6) is 2.42. The van der Waals surface area contributed by atoms with Gasteiger partial charge in [-0.15, -0.1) is 0 Å². The molecule has 2 bridgehead atoms. The fourth-order valence-electron chi connectivity index (χ4n) is 3.11. The second-order valence-electron chi connectivity index (χ2n) is 5.14. The molecule has 16 heavy (non-hydrogen) atoms. The first-order chi connectivity index (χ1) is 7.83. The van der Waals surface area contributed by atoms with Crippen LogP contribution in [0.15, 0.2) is 4.52 Å². The summed E-state index contributed by atoms with van der Waals surface area (Å²) >= 11 is 0. The van der Waals surface area contributed by atoms with Crippen LogP contribution in [0, 0.1) is 5.92 Å². The van der Waals surface area contributed by atoms with Crippen molar-refractivity contribution in [3.05, 3.63) is 11.7 Å². The molecule has 2 aliphatic heterocycles. The molecule has 0 aliphatic carbocycles. The van der Waals surface area contributed by atoms with Gasteiger partial charge >= 0.3 is 0 Å². The Morgan fingerprint density at radius 3 is 2.69 bits per heavy atom. The van der Waals surface area contributed by atoms with E-state index in [1.165, 1.54) is 25.7 Å². The van der Waals surface area contributed by atoms with E-state index >= 15 is 0 Å². The van der Waals surface area contributed by atoms with Crippen LogP contribution in [0.2, 0.25) is 0 Å². The van der Waals surface area contributed by atoms with Gasteiger partial charge in [-0.05, 0) is 31.6 Å². The van der Waals surface area contributed by atoms with Crippen LogP contribution in [-0.2, 0) is 12.8 Å². The van der Waals surface area contributed by atoms with Gasteiger partial charge in [0.25, 0.3) is 0 Å². The maximum Gasteiger partial charge on any atom is 0.226 e. The van der Waals surface area contributed by atoms with Gasteiger partial charge in [0.1, 0.15) is 0 Å². The summed E-state index contributed by atoms with van der Waals surface area (Å²) in [6, 6.07) is 1.50. The summed E-state index contributed by atoms with van der Waals surface area (Å²) < 4.78 is 5.27. The quantitative estimate of drug-likeness (QED) is 0.844. The number of nitrogens with one attached hydrogen (secondary N) is 1. The lowest BCUT2D eigenvalue weighted by molar-refractivity contribution is 0.270. The fourth-order valence-corrected chi connectivity index (χ4v) is 3.11. The zero-order valence-corrected chi connectivity index (χ0v) is 9.78. The highest BCUT2D eigenvalue weighted by Crippen LogP contribution is 2.32. The number of fused-ring (bicyclic) bond motifs is 2. The maximum atomic E-state index is 5.27. The van der Waals surface area contributed by atoms with E-state index in [0.717, 1.165) is 42.6 Å². The van der Waals surface area contributed by atoms with E-state index in [1.54, 1.807) is 0 Å². The molecule has 4 nitrogen and oxygen atoms in total. The lowest BCUT2D eigenvalue weighted by Gasteiger charge is -2.27. The van der Waals surface area contributed by atoms with Gasteiger partial charge in [-0.2, -0.15) is 4.98 Å². The van der Waals surface area contributed by atoms with Crippen molar-refractivity contribution < 1.29 is 4.52 Å². The third-order valence-electron chi connectivity index (χ3n) is 3.86. The van der Waals surface area contributed by atoms with Gasteiger partial charge in [-0.3, -0.25) is 0 Å². The SMILES string of the molecule is CCc1noc(CC2CC3CCC(C2)N3)n1. The molecule has 2 fully saturated rings. The third-order valence-corrected chi connectivity index (χ3v) is 3.86. The van der Waals surface area contributed by atoms with Gasteiger partial charge in [-0.25, -0.2) is 0 Å². The second-order valence-corrected chi connectivity index (χ2v) is 5.14. The van der Waals surface area contributed by atoms with E-state index in [0.29, 0.717) is 0 Å². The molecule has 2 aliphatic rings. The van der Waals surface area contributed by atoms with E-state index in [9.17, 15) is 0 Å². The molecule has 0 radical (unpaired) electrons. The summed E-state index contributed by atoms with van der Waals surface area (Å²) in [6.45, 7) is 2.05. The van der Waals surface area contributed by atoms with Crippen molar-refractivity contribution in [3.8, 4) is 0 Å². The van der Waals surface area contributed by atoms with E-state index in [-0.39, 0.29) is 0 Å². The minimum absolute atomic E-state index is 0.740. The Hall–Kier alpha value is -0.900. The Balaban J connectivity index is 1.62. The lowest BCUT2D eigenvalue weighted by atomic mass is 9.90. The van der Waals surface area contributed by atoms with Gasteiger partial charge in [0.15, 0.2) is 5.82 Å². The zero-order valence-electron chi connectivity index (χ0n) is 9.78.